The van der Waals surface area contributed by atoms with Gasteiger partial charge in [-0.3, -0.25) is 9.89 Å². The van der Waals surface area contributed by atoms with Gasteiger partial charge >= 0.3 is 0 Å². The van der Waals surface area contributed by atoms with Crippen LogP contribution in [0.1, 0.15) is 49.8 Å². The second-order valence-corrected chi connectivity index (χ2v) is 6.33. The Labute approximate surface area is 130 Å². The predicted molar refractivity (Wildman–Crippen MR) is 82.1 cm³/mol. The Bertz CT molecular complexity index is 621. The number of nitrogens with one attached hydrogen (secondary N) is 2. The monoisotopic (exact) mass is 299 g/mol. The summed E-state index contributed by atoms with van der Waals surface area (Å²) in [4.78, 5) is 12.5. The average Bonchev–Trinajstić information content (AvgIpc) is 3.11. The van der Waals surface area contributed by atoms with Gasteiger partial charge in [-0.15, -0.1) is 12.3 Å². The summed E-state index contributed by atoms with van der Waals surface area (Å²) in [6.45, 7) is 2.75. The van der Waals surface area contributed by atoms with Crippen molar-refractivity contribution in [1.29, 1.82) is 0 Å². The molecule has 2 aliphatic rings. The van der Waals surface area contributed by atoms with E-state index in [-0.39, 0.29) is 17.5 Å². The zero-order valence-electron chi connectivity index (χ0n) is 12.8. The van der Waals surface area contributed by atoms with E-state index in [1.54, 1.807) is 0 Å². The van der Waals surface area contributed by atoms with E-state index in [0.29, 0.717) is 18.9 Å². The van der Waals surface area contributed by atoms with E-state index >= 15 is 0 Å². The minimum atomic E-state index is -0.335. The third kappa shape index (κ3) is 3.03. The molecule has 2 heterocycles. The number of H-pyrrole nitrogens is 1. The summed E-state index contributed by atoms with van der Waals surface area (Å²) >= 11 is 0. The van der Waals surface area contributed by atoms with Crippen LogP contribution >= 0.6 is 0 Å². The molecule has 6 nitrogen and oxygen atoms in total. The molecule has 2 atom stereocenters. The lowest BCUT2D eigenvalue weighted by atomic mass is 9.81. The first-order valence-corrected chi connectivity index (χ1v) is 7.81. The molecule has 6 heteroatoms. The number of aromatic amines is 1. The highest BCUT2D eigenvalue weighted by Crippen LogP contribution is 2.36. The van der Waals surface area contributed by atoms with Crippen LogP contribution < -0.4 is 5.32 Å². The summed E-state index contributed by atoms with van der Waals surface area (Å²) in [6, 6.07) is 0. The molecular weight excluding hydrogens is 278 g/mol. The van der Waals surface area contributed by atoms with Crippen molar-refractivity contribution in [2.75, 3.05) is 6.54 Å². The molecule has 0 aromatic carbocycles. The number of rotatable bonds is 6. The fourth-order valence-corrected chi connectivity index (χ4v) is 3.18. The maximum Gasteiger partial charge on any atom is 0.229 e. The van der Waals surface area contributed by atoms with E-state index in [1.165, 1.54) is 0 Å². The molecule has 2 unspecified atom stereocenters. The maximum atomic E-state index is 12.5. The highest BCUT2D eigenvalue weighted by molar-refractivity contribution is 5.83. The maximum absolute atomic E-state index is 12.5. The van der Waals surface area contributed by atoms with Crippen molar-refractivity contribution < 1.29 is 4.79 Å². The predicted octanol–water partition coefficient (Wildman–Crippen LogP) is 2.16. The van der Waals surface area contributed by atoms with Gasteiger partial charge in [-0.05, 0) is 24.3 Å². The summed E-state index contributed by atoms with van der Waals surface area (Å²) < 4.78 is 0. The van der Waals surface area contributed by atoms with Gasteiger partial charge in [0.05, 0.1) is 17.8 Å². The van der Waals surface area contributed by atoms with Gasteiger partial charge in [-0.1, -0.05) is 6.92 Å². The van der Waals surface area contributed by atoms with Crippen LogP contribution in [0.4, 0.5) is 0 Å². The molecule has 0 fully saturated rings. The summed E-state index contributed by atoms with van der Waals surface area (Å²) in [7, 11) is 0. The van der Waals surface area contributed by atoms with Gasteiger partial charge in [0.15, 0.2) is 5.66 Å². The molecule has 2 N–H and O–H groups in total. The largest absolute Gasteiger partial charge is 0.355 e. The number of aromatic nitrogens is 2. The Morgan fingerprint density at radius 1 is 1.55 bits per heavy atom. The van der Waals surface area contributed by atoms with Gasteiger partial charge in [0.1, 0.15) is 0 Å². The number of fused-ring (bicyclic) bond motifs is 1. The van der Waals surface area contributed by atoms with Crippen LogP contribution in [0.5, 0.6) is 0 Å². The van der Waals surface area contributed by atoms with E-state index in [2.05, 4.69) is 38.6 Å². The van der Waals surface area contributed by atoms with Crippen molar-refractivity contribution in [3.05, 3.63) is 17.5 Å². The van der Waals surface area contributed by atoms with Crippen molar-refractivity contribution in [2.45, 2.75) is 50.6 Å². The van der Waals surface area contributed by atoms with Gasteiger partial charge in [-0.2, -0.15) is 15.3 Å². The highest BCUT2D eigenvalue weighted by atomic mass is 16.1. The van der Waals surface area contributed by atoms with E-state index in [0.717, 1.165) is 36.9 Å². The standard InChI is InChI=1S/C16H21N5O/c1-3-4-5-16(20-21-16)6-7-17-15(22)13-9-11(2)8-12-10-18-19-14(12)13/h1,10-11,13H,4-9H2,2H3,(H,17,22)(H,18,19). The molecule has 1 aliphatic carbocycles. The lowest BCUT2D eigenvalue weighted by molar-refractivity contribution is -0.123. The molecule has 1 aromatic heterocycles. The SMILES string of the molecule is C#CCCC1(CCNC(=O)C2CC(C)Cc3cn[nH]c32)N=N1. The first kappa shape index (κ1) is 14.8. The van der Waals surface area contributed by atoms with Crippen molar-refractivity contribution in [3.63, 3.8) is 0 Å². The molecule has 0 saturated carbocycles. The number of carbonyl (C=O) groups excluding carboxylic acids is 1. The fourth-order valence-electron chi connectivity index (χ4n) is 3.18. The van der Waals surface area contributed by atoms with Crippen molar-refractivity contribution >= 4 is 5.91 Å². The van der Waals surface area contributed by atoms with Gasteiger partial charge < -0.3 is 5.32 Å². The second kappa shape index (κ2) is 5.91. The van der Waals surface area contributed by atoms with Crippen molar-refractivity contribution in [1.82, 2.24) is 15.5 Å². The third-order valence-electron chi connectivity index (χ3n) is 4.50. The molecule has 3 rings (SSSR count). The zero-order valence-corrected chi connectivity index (χ0v) is 12.8. The molecule has 0 saturated heterocycles. The van der Waals surface area contributed by atoms with E-state index in [9.17, 15) is 4.79 Å². The van der Waals surface area contributed by atoms with E-state index in [1.807, 2.05) is 6.20 Å². The minimum Gasteiger partial charge on any atom is -0.355 e. The molecule has 1 aromatic rings. The van der Waals surface area contributed by atoms with Crippen LogP contribution in [0, 0.1) is 18.3 Å². The smallest absolute Gasteiger partial charge is 0.229 e. The summed E-state index contributed by atoms with van der Waals surface area (Å²) in [6.07, 6.45) is 11.1. The van der Waals surface area contributed by atoms with Crippen LogP contribution in [0.25, 0.3) is 0 Å². The van der Waals surface area contributed by atoms with Gasteiger partial charge in [0, 0.05) is 25.8 Å². The van der Waals surface area contributed by atoms with Gasteiger partial charge in [0.2, 0.25) is 5.91 Å². The van der Waals surface area contributed by atoms with E-state index in [4.69, 9.17) is 6.42 Å². The van der Waals surface area contributed by atoms with Crippen LogP contribution in [0.3, 0.4) is 0 Å². The summed E-state index contributed by atoms with van der Waals surface area (Å²) in [5.41, 5.74) is 1.80. The number of nitrogens with zero attached hydrogens (tertiary/aromatic N) is 3. The van der Waals surface area contributed by atoms with Gasteiger partial charge in [0.25, 0.3) is 0 Å². The summed E-state index contributed by atoms with van der Waals surface area (Å²) in [5, 5.41) is 18.2. The van der Waals surface area contributed by atoms with Crippen molar-refractivity contribution in [2.24, 2.45) is 16.1 Å². The minimum absolute atomic E-state index is 0.0600. The molecule has 1 aliphatic heterocycles. The fraction of sp³-hybridized carbons (Fsp3) is 0.625. The number of hydrogen-bond donors (Lipinski definition) is 2. The molecule has 0 bridgehead atoms. The molecule has 0 radical (unpaired) electrons. The van der Waals surface area contributed by atoms with Crippen LogP contribution in [-0.2, 0) is 11.2 Å². The Kier molecular flexibility index (Phi) is 3.97. The number of hydrogen-bond acceptors (Lipinski definition) is 4. The third-order valence-corrected chi connectivity index (χ3v) is 4.50. The molecule has 116 valence electrons. The van der Waals surface area contributed by atoms with Crippen molar-refractivity contribution in [3.8, 4) is 12.3 Å². The Balaban J connectivity index is 1.52. The second-order valence-electron chi connectivity index (χ2n) is 6.33. The zero-order chi connectivity index (χ0) is 15.6. The van der Waals surface area contributed by atoms with Crippen LogP contribution in [-0.4, -0.2) is 28.3 Å². The summed E-state index contributed by atoms with van der Waals surface area (Å²) in [5.74, 6) is 3.04. The van der Waals surface area contributed by atoms with Gasteiger partial charge in [-0.25, -0.2) is 0 Å². The molecule has 0 spiro atoms. The average molecular weight is 299 g/mol. The van der Waals surface area contributed by atoms with E-state index < -0.39 is 0 Å². The number of amides is 1. The number of carbonyl (C=O) groups is 1. The Hall–Kier alpha value is -2.16. The normalized spacial score (nSPS) is 24.4. The van der Waals surface area contributed by atoms with Crippen LogP contribution in [0.2, 0.25) is 0 Å². The first-order chi connectivity index (χ1) is 10.6. The van der Waals surface area contributed by atoms with Crippen LogP contribution in [0.15, 0.2) is 16.4 Å². The quantitative estimate of drug-likeness (QED) is 0.789. The molecule has 1 amide bonds. The molecular formula is C16H21N5O. The topological polar surface area (TPSA) is 82.5 Å². The molecule has 22 heavy (non-hydrogen) atoms. The first-order valence-electron chi connectivity index (χ1n) is 7.81. The lowest BCUT2D eigenvalue weighted by Gasteiger charge is -2.25. The number of terminal acetylenes is 1. The Morgan fingerprint density at radius 3 is 3.09 bits per heavy atom. The lowest BCUT2D eigenvalue weighted by Crippen LogP contribution is -2.35. The Morgan fingerprint density at radius 2 is 2.36 bits per heavy atom. The highest BCUT2D eigenvalue weighted by Gasteiger charge is 2.39.